The number of likely N-dealkylation sites (tertiary alicyclic amines) is 1. The second-order valence-corrected chi connectivity index (χ2v) is 5.28. The average molecular weight is 292 g/mol. The van der Waals surface area contributed by atoms with E-state index < -0.39 is 5.97 Å². The molecular weight excluding hydrogens is 272 g/mol. The zero-order valence-electron chi connectivity index (χ0n) is 12.2. The van der Waals surface area contributed by atoms with Gasteiger partial charge in [-0.3, -0.25) is 0 Å². The summed E-state index contributed by atoms with van der Waals surface area (Å²) in [7, 11) is 3.80. The molecule has 0 saturated carbocycles. The molecular formula is C14H20N4O3. The van der Waals surface area contributed by atoms with Crippen molar-refractivity contribution in [3.63, 3.8) is 0 Å². The number of rotatable bonds is 3. The van der Waals surface area contributed by atoms with Crippen LogP contribution < -0.4 is 5.32 Å². The number of pyridine rings is 1. The van der Waals surface area contributed by atoms with Gasteiger partial charge in [-0.1, -0.05) is 0 Å². The lowest BCUT2D eigenvalue weighted by Crippen LogP contribution is -2.46. The molecule has 2 N–H and O–H groups in total. The van der Waals surface area contributed by atoms with E-state index in [1.54, 1.807) is 18.0 Å². The fourth-order valence-electron chi connectivity index (χ4n) is 2.43. The highest BCUT2D eigenvalue weighted by Crippen LogP contribution is 2.17. The molecule has 1 fully saturated rings. The number of anilines is 1. The molecule has 7 nitrogen and oxygen atoms in total. The van der Waals surface area contributed by atoms with Crippen LogP contribution in [0.2, 0.25) is 0 Å². The lowest BCUT2D eigenvalue weighted by atomic mass is 10.0. The molecule has 0 unspecified atom stereocenters. The Labute approximate surface area is 123 Å². The molecule has 2 heterocycles. The fraction of sp³-hybridized carbons (Fsp3) is 0.500. The van der Waals surface area contributed by atoms with Crippen LogP contribution in [0.5, 0.6) is 0 Å². The van der Waals surface area contributed by atoms with Crippen molar-refractivity contribution in [1.82, 2.24) is 14.8 Å². The Kier molecular flexibility index (Phi) is 4.74. The first-order chi connectivity index (χ1) is 9.99. The third-order valence-electron chi connectivity index (χ3n) is 3.81. The lowest BCUT2D eigenvalue weighted by molar-refractivity contribution is 0.0691. The zero-order chi connectivity index (χ0) is 15.4. The number of nitrogens with one attached hydrogen (secondary N) is 1. The van der Waals surface area contributed by atoms with Crippen LogP contribution >= 0.6 is 0 Å². The van der Waals surface area contributed by atoms with Crippen LogP contribution in [-0.4, -0.2) is 65.1 Å². The van der Waals surface area contributed by atoms with Crippen molar-refractivity contribution >= 4 is 17.7 Å². The van der Waals surface area contributed by atoms with E-state index in [2.05, 4.69) is 22.2 Å². The Hall–Kier alpha value is -2.15. The van der Waals surface area contributed by atoms with Gasteiger partial charge in [0.1, 0.15) is 0 Å². The van der Waals surface area contributed by atoms with Crippen LogP contribution in [0.4, 0.5) is 10.5 Å². The van der Waals surface area contributed by atoms with Crippen molar-refractivity contribution in [2.24, 2.45) is 0 Å². The predicted octanol–water partition coefficient (Wildman–Crippen LogP) is 1.34. The molecule has 0 radical (unpaired) electrons. The number of urea groups is 1. The summed E-state index contributed by atoms with van der Waals surface area (Å²) in [6.07, 6.45) is 3.22. The molecule has 0 bridgehead atoms. The van der Waals surface area contributed by atoms with Gasteiger partial charge in [0.05, 0.1) is 5.69 Å². The summed E-state index contributed by atoms with van der Waals surface area (Å²) in [5.41, 5.74) is 0.0670. The van der Waals surface area contributed by atoms with E-state index in [1.807, 2.05) is 0 Å². The molecule has 0 atom stereocenters. The Bertz CT molecular complexity index is 527. The molecule has 2 amide bonds. The van der Waals surface area contributed by atoms with Crippen LogP contribution in [0, 0.1) is 0 Å². The summed E-state index contributed by atoms with van der Waals surface area (Å²) in [5.74, 6) is -1.16. The van der Waals surface area contributed by atoms with Crippen molar-refractivity contribution in [2.45, 2.75) is 18.9 Å². The van der Waals surface area contributed by atoms with Crippen molar-refractivity contribution in [3.05, 3.63) is 24.0 Å². The number of hydrogen-bond donors (Lipinski definition) is 2. The maximum Gasteiger partial charge on any atom is 0.356 e. The number of aromatic carboxylic acids is 1. The molecule has 2 rings (SSSR count). The van der Waals surface area contributed by atoms with Gasteiger partial charge in [-0.15, -0.1) is 0 Å². The number of nitrogens with zero attached hydrogens (tertiary/aromatic N) is 3. The topological polar surface area (TPSA) is 85.8 Å². The lowest BCUT2D eigenvalue weighted by Gasteiger charge is -2.35. The third-order valence-corrected chi connectivity index (χ3v) is 3.81. The Morgan fingerprint density at radius 1 is 1.43 bits per heavy atom. The monoisotopic (exact) mass is 292 g/mol. The predicted molar refractivity (Wildman–Crippen MR) is 78.5 cm³/mol. The van der Waals surface area contributed by atoms with Crippen LogP contribution in [0.25, 0.3) is 0 Å². The van der Waals surface area contributed by atoms with E-state index in [-0.39, 0.29) is 23.5 Å². The molecule has 7 heteroatoms. The number of carbonyl (C=O) groups excluding carboxylic acids is 1. The number of aromatic nitrogens is 1. The van der Waals surface area contributed by atoms with Gasteiger partial charge in [0.25, 0.3) is 0 Å². The van der Waals surface area contributed by atoms with Crippen molar-refractivity contribution in [2.75, 3.05) is 32.5 Å². The SMILES string of the molecule is CN1CCC(N(C)C(=O)Nc2cccnc2C(=O)O)CC1. The highest BCUT2D eigenvalue weighted by molar-refractivity contribution is 5.98. The molecule has 1 aliphatic heterocycles. The summed E-state index contributed by atoms with van der Waals surface area (Å²) in [6.45, 7) is 1.91. The van der Waals surface area contributed by atoms with Gasteiger partial charge in [0.15, 0.2) is 5.69 Å². The van der Waals surface area contributed by atoms with Crippen LogP contribution in [-0.2, 0) is 0 Å². The number of carboxylic acids is 1. The Morgan fingerprint density at radius 3 is 2.71 bits per heavy atom. The Morgan fingerprint density at radius 2 is 2.10 bits per heavy atom. The summed E-state index contributed by atoms with van der Waals surface area (Å²) in [5, 5.41) is 11.7. The molecule has 0 aromatic carbocycles. The molecule has 1 aromatic rings. The fourth-order valence-corrected chi connectivity index (χ4v) is 2.43. The first-order valence-corrected chi connectivity index (χ1v) is 6.89. The standard InChI is InChI=1S/C14H20N4O3/c1-17-8-5-10(6-9-17)18(2)14(21)16-11-4-3-7-15-12(11)13(19)20/h3-4,7,10H,5-6,8-9H2,1-2H3,(H,16,21)(H,19,20). The summed E-state index contributed by atoms with van der Waals surface area (Å²) in [4.78, 5) is 31.0. The third kappa shape index (κ3) is 3.69. The first kappa shape index (κ1) is 15.2. The highest BCUT2D eigenvalue weighted by Gasteiger charge is 2.24. The first-order valence-electron chi connectivity index (χ1n) is 6.89. The highest BCUT2D eigenvalue weighted by atomic mass is 16.4. The van der Waals surface area contributed by atoms with E-state index in [0.29, 0.717) is 0 Å². The van der Waals surface area contributed by atoms with Gasteiger partial charge in [0.2, 0.25) is 0 Å². The number of amides is 2. The minimum absolute atomic E-state index is 0.150. The minimum Gasteiger partial charge on any atom is -0.476 e. The summed E-state index contributed by atoms with van der Waals surface area (Å²) in [6, 6.07) is 3.00. The second-order valence-electron chi connectivity index (χ2n) is 5.28. The molecule has 1 aliphatic rings. The van der Waals surface area contributed by atoms with E-state index in [9.17, 15) is 9.59 Å². The van der Waals surface area contributed by atoms with Gasteiger partial charge in [-0.05, 0) is 45.1 Å². The molecule has 114 valence electrons. The average Bonchev–Trinajstić information content (AvgIpc) is 2.47. The van der Waals surface area contributed by atoms with Crippen molar-refractivity contribution in [1.29, 1.82) is 0 Å². The largest absolute Gasteiger partial charge is 0.476 e. The van der Waals surface area contributed by atoms with Gasteiger partial charge in [-0.2, -0.15) is 0 Å². The van der Waals surface area contributed by atoms with Crippen LogP contribution in [0.1, 0.15) is 23.3 Å². The quantitative estimate of drug-likeness (QED) is 0.878. The Balaban J connectivity index is 2.03. The molecule has 21 heavy (non-hydrogen) atoms. The number of piperidine rings is 1. The molecule has 1 saturated heterocycles. The van der Waals surface area contributed by atoms with E-state index >= 15 is 0 Å². The number of carbonyl (C=O) groups is 2. The maximum absolute atomic E-state index is 12.2. The number of hydrogen-bond acceptors (Lipinski definition) is 4. The molecule has 0 aliphatic carbocycles. The van der Waals surface area contributed by atoms with E-state index in [0.717, 1.165) is 25.9 Å². The van der Waals surface area contributed by atoms with Gasteiger partial charge >= 0.3 is 12.0 Å². The normalized spacial score (nSPS) is 16.5. The van der Waals surface area contributed by atoms with Crippen molar-refractivity contribution in [3.8, 4) is 0 Å². The second kappa shape index (κ2) is 6.53. The van der Waals surface area contributed by atoms with Gasteiger partial charge in [-0.25, -0.2) is 14.6 Å². The van der Waals surface area contributed by atoms with E-state index in [1.165, 1.54) is 12.3 Å². The van der Waals surface area contributed by atoms with Crippen LogP contribution in [0.15, 0.2) is 18.3 Å². The van der Waals surface area contributed by atoms with Gasteiger partial charge < -0.3 is 20.2 Å². The van der Waals surface area contributed by atoms with E-state index in [4.69, 9.17) is 5.11 Å². The maximum atomic E-state index is 12.2. The minimum atomic E-state index is -1.16. The van der Waals surface area contributed by atoms with Gasteiger partial charge in [0, 0.05) is 19.3 Å². The summed E-state index contributed by atoms with van der Waals surface area (Å²) >= 11 is 0. The summed E-state index contributed by atoms with van der Waals surface area (Å²) < 4.78 is 0. The van der Waals surface area contributed by atoms with Crippen molar-refractivity contribution < 1.29 is 14.7 Å². The number of carboxylic acid groups (broad SMARTS) is 1. The smallest absolute Gasteiger partial charge is 0.356 e. The van der Waals surface area contributed by atoms with Crippen LogP contribution in [0.3, 0.4) is 0 Å². The molecule has 1 aromatic heterocycles. The zero-order valence-corrected chi connectivity index (χ0v) is 12.2. The molecule has 0 spiro atoms.